The second-order valence-electron chi connectivity index (χ2n) is 6.94. The summed E-state index contributed by atoms with van der Waals surface area (Å²) in [5, 5.41) is 5.86. The van der Waals surface area contributed by atoms with E-state index in [4.69, 9.17) is 4.74 Å². The number of amides is 3. The second-order valence-corrected chi connectivity index (χ2v) is 6.94. The van der Waals surface area contributed by atoms with Gasteiger partial charge in [-0.15, -0.1) is 0 Å². The average molecular weight is 359 g/mol. The molecule has 0 spiro atoms. The van der Waals surface area contributed by atoms with Gasteiger partial charge in [-0.1, -0.05) is 12.1 Å². The molecular formula is C19H25N3O4. The number of benzene rings is 1. The summed E-state index contributed by atoms with van der Waals surface area (Å²) in [5.41, 5.74) is 1.70. The van der Waals surface area contributed by atoms with Gasteiger partial charge in [0.25, 0.3) is 0 Å². The summed E-state index contributed by atoms with van der Waals surface area (Å²) < 4.78 is 4.74. The predicted molar refractivity (Wildman–Crippen MR) is 96.5 cm³/mol. The molecule has 7 nitrogen and oxygen atoms in total. The summed E-state index contributed by atoms with van der Waals surface area (Å²) in [5.74, 6) is 0.0619. The Labute approximate surface area is 153 Å². The maximum atomic E-state index is 12.5. The van der Waals surface area contributed by atoms with Crippen LogP contribution in [0.3, 0.4) is 0 Å². The molecule has 0 bridgehead atoms. The molecule has 2 N–H and O–H groups in total. The van der Waals surface area contributed by atoms with E-state index in [9.17, 15) is 14.4 Å². The number of rotatable bonds is 5. The molecule has 2 aliphatic rings. The third-order valence-electron chi connectivity index (χ3n) is 4.95. The van der Waals surface area contributed by atoms with Crippen molar-refractivity contribution in [2.24, 2.45) is 5.92 Å². The van der Waals surface area contributed by atoms with Crippen molar-refractivity contribution in [2.45, 2.75) is 44.7 Å². The number of nitrogens with zero attached hydrogens (tertiary/aromatic N) is 1. The summed E-state index contributed by atoms with van der Waals surface area (Å²) in [6, 6.07) is 6.78. The highest BCUT2D eigenvalue weighted by atomic mass is 16.5. The highest BCUT2D eigenvalue weighted by Gasteiger charge is 2.35. The van der Waals surface area contributed by atoms with Crippen LogP contribution in [0.5, 0.6) is 0 Å². The van der Waals surface area contributed by atoms with Gasteiger partial charge in [-0.25, -0.2) is 4.79 Å². The van der Waals surface area contributed by atoms with Crippen molar-refractivity contribution >= 4 is 23.6 Å². The largest absolute Gasteiger partial charge is 0.453 e. The topological polar surface area (TPSA) is 87.7 Å². The maximum Gasteiger partial charge on any atom is 0.410 e. The number of ether oxygens (including phenoxy) is 1. The third-order valence-corrected chi connectivity index (χ3v) is 4.95. The average Bonchev–Trinajstić information content (AvgIpc) is 3.38. The minimum Gasteiger partial charge on any atom is -0.453 e. The second kappa shape index (κ2) is 7.76. The lowest BCUT2D eigenvalue weighted by atomic mass is 10.1. The monoisotopic (exact) mass is 359 g/mol. The van der Waals surface area contributed by atoms with E-state index in [1.54, 1.807) is 0 Å². The zero-order chi connectivity index (χ0) is 18.7. The number of nitrogens with one attached hydrogen (secondary N) is 2. The molecule has 1 saturated carbocycles. The Balaban J connectivity index is 1.56. The standard InChI is InChI=1S/C19H25N3O4/c1-12(20-18(24)16-4-3-11-22(16)19(25)26-2)13-7-9-15(10-8-13)21-17(23)14-5-6-14/h7-10,12,14,16H,3-6,11H2,1-2H3,(H,20,24)(H,21,23)/t12-,16-/m0/s1. The van der Waals surface area contributed by atoms with E-state index in [-0.39, 0.29) is 23.8 Å². The van der Waals surface area contributed by atoms with Gasteiger partial charge >= 0.3 is 6.09 Å². The van der Waals surface area contributed by atoms with E-state index in [2.05, 4.69) is 10.6 Å². The van der Waals surface area contributed by atoms with Gasteiger partial charge in [0, 0.05) is 18.2 Å². The van der Waals surface area contributed by atoms with Crippen molar-refractivity contribution in [2.75, 3.05) is 19.0 Å². The lowest BCUT2D eigenvalue weighted by Crippen LogP contribution is -2.46. The van der Waals surface area contributed by atoms with Gasteiger partial charge < -0.3 is 15.4 Å². The highest BCUT2D eigenvalue weighted by Crippen LogP contribution is 2.30. The molecule has 7 heteroatoms. The Morgan fingerprint density at radius 1 is 1.12 bits per heavy atom. The number of likely N-dealkylation sites (tertiary alicyclic amines) is 1. The fourth-order valence-corrected chi connectivity index (χ4v) is 3.21. The minimum atomic E-state index is -0.484. The first-order valence-electron chi connectivity index (χ1n) is 9.05. The summed E-state index contributed by atoms with van der Waals surface area (Å²) in [6.45, 7) is 2.43. The predicted octanol–water partition coefficient (Wildman–Crippen LogP) is 2.44. The molecule has 1 aliphatic carbocycles. The Hall–Kier alpha value is -2.57. The van der Waals surface area contributed by atoms with Gasteiger partial charge in [-0.3, -0.25) is 14.5 Å². The molecule has 1 heterocycles. The number of carbonyl (C=O) groups is 3. The molecule has 3 rings (SSSR count). The maximum absolute atomic E-state index is 12.5. The number of hydrogen-bond donors (Lipinski definition) is 2. The van der Waals surface area contributed by atoms with Crippen LogP contribution in [0.4, 0.5) is 10.5 Å². The van der Waals surface area contributed by atoms with Gasteiger partial charge in [-0.2, -0.15) is 0 Å². The van der Waals surface area contributed by atoms with Gasteiger partial charge in [0.15, 0.2) is 0 Å². The van der Waals surface area contributed by atoms with Gasteiger partial charge in [0.05, 0.1) is 13.2 Å². The van der Waals surface area contributed by atoms with E-state index < -0.39 is 12.1 Å². The molecule has 2 fully saturated rings. The summed E-state index contributed by atoms with van der Waals surface area (Å²) >= 11 is 0. The molecular weight excluding hydrogens is 334 g/mol. The number of methoxy groups -OCH3 is 1. The van der Waals surface area contributed by atoms with Gasteiger partial charge in [0.1, 0.15) is 6.04 Å². The first-order valence-corrected chi connectivity index (χ1v) is 9.05. The smallest absolute Gasteiger partial charge is 0.410 e. The molecule has 0 radical (unpaired) electrons. The number of hydrogen-bond acceptors (Lipinski definition) is 4. The quantitative estimate of drug-likeness (QED) is 0.845. The molecule has 1 aromatic rings. The van der Waals surface area contributed by atoms with E-state index in [1.165, 1.54) is 12.0 Å². The summed E-state index contributed by atoms with van der Waals surface area (Å²) in [6.07, 6.45) is 2.90. The van der Waals surface area contributed by atoms with Gasteiger partial charge in [-0.05, 0) is 50.3 Å². The van der Waals surface area contributed by atoms with Crippen molar-refractivity contribution < 1.29 is 19.1 Å². The van der Waals surface area contributed by atoms with Crippen LogP contribution in [0, 0.1) is 5.92 Å². The van der Waals surface area contributed by atoms with Crippen LogP contribution in [0.15, 0.2) is 24.3 Å². The molecule has 1 aliphatic heterocycles. The fourth-order valence-electron chi connectivity index (χ4n) is 3.21. The SMILES string of the molecule is COC(=O)N1CCC[C@H]1C(=O)N[C@@H](C)c1ccc(NC(=O)C2CC2)cc1. The molecule has 3 amide bonds. The molecule has 0 unspecified atom stereocenters. The van der Waals surface area contributed by atoms with Crippen molar-refractivity contribution in [1.82, 2.24) is 10.2 Å². The minimum absolute atomic E-state index is 0.0724. The fraction of sp³-hybridized carbons (Fsp3) is 0.526. The zero-order valence-corrected chi connectivity index (χ0v) is 15.2. The van der Waals surface area contributed by atoms with E-state index >= 15 is 0 Å². The first kappa shape index (κ1) is 18.2. The van der Waals surface area contributed by atoms with Crippen LogP contribution < -0.4 is 10.6 Å². The lowest BCUT2D eigenvalue weighted by Gasteiger charge is -2.24. The lowest BCUT2D eigenvalue weighted by molar-refractivity contribution is -0.125. The van der Waals surface area contributed by atoms with Crippen molar-refractivity contribution in [3.8, 4) is 0 Å². The van der Waals surface area contributed by atoms with E-state index in [0.717, 1.165) is 30.5 Å². The normalized spacial score (nSPS) is 20.4. The number of anilines is 1. The zero-order valence-electron chi connectivity index (χ0n) is 15.2. The van der Waals surface area contributed by atoms with E-state index in [0.29, 0.717) is 13.0 Å². The summed E-state index contributed by atoms with van der Waals surface area (Å²) in [4.78, 5) is 37.5. The Morgan fingerprint density at radius 3 is 2.42 bits per heavy atom. The van der Waals surface area contributed by atoms with Crippen LogP contribution >= 0.6 is 0 Å². The Kier molecular flexibility index (Phi) is 5.44. The van der Waals surface area contributed by atoms with Crippen LogP contribution in [0.1, 0.15) is 44.2 Å². The van der Waals surface area contributed by atoms with Crippen molar-refractivity contribution in [3.05, 3.63) is 29.8 Å². The van der Waals surface area contributed by atoms with Crippen molar-refractivity contribution in [1.29, 1.82) is 0 Å². The molecule has 1 aromatic carbocycles. The van der Waals surface area contributed by atoms with Crippen molar-refractivity contribution in [3.63, 3.8) is 0 Å². The number of carbonyl (C=O) groups excluding carboxylic acids is 3. The summed E-state index contributed by atoms with van der Waals surface area (Å²) in [7, 11) is 1.32. The first-order chi connectivity index (χ1) is 12.5. The van der Waals surface area contributed by atoms with E-state index in [1.807, 2.05) is 31.2 Å². The van der Waals surface area contributed by atoms with Crippen LogP contribution in [0.25, 0.3) is 0 Å². The van der Waals surface area contributed by atoms with Gasteiger partial charge in [0.2, 0.25) is 11.8 Å². The van der Waals surface area contributed by atoms with Crippen LogP contribution in [-0.2, 0) is 14.3 Å². The molecule has 26 heavy (non-hydrogen) atoms. The Bertz CT molecular complexity index is 685. The molecule has 1 saturated heterocycles. The van der Waals surface area contributed by atoms with Crippen LogP contribution in [-0.4, -0.2) is 42.5 Å². The molecule has 2 atom stereocenters. The molecule has 0 aromatic heterocycles. The highest BCUT2D eigenvalue weighted by molar-refractivity contribution is 5.94. The van der Waals surface area contributed by atoms with Crippen LogP contribution in [0.2, 0.25) is 0 Å². The third kappa shape index (κ3) is 4.15. The Morgan fingerprint density at radius 2 is 1.81 bits per heavy atom. The molecule has 140 valence electrons.